The summed E-state index contributed by atoms with van der Waals surface area (Å²) >= 11 is 6.59. The number of sulfonamides is 1. The summed E-state index contributed by atoms with van der Waals surface area (Å²) < 4.78 is 28.8. The number of hydrogen-bond acceptors (Lipinski definition) is 3. The minimum Gasteiger partial charge on any atom is -0.326 e. The molecule has 4 nitrogen and oxygen atoms in total. The monoisotopic (exact) mass is 410 g/mol. The van der Waals surface area contributed by atoms with Crippen LogP contribution in [0.2, 0.25) is 0 Å². The Bertz CT molecular complexity index is 563. The zero-order valence-electron chi connectivity index (χ0n) is 10.3. The number of benzene rings is 1. The van der Waals surface area contributed by atoms with Gasteiger partial charge in [0.05, 0.1) is 4.90 Å². The zero-order chi connectivity index (χ0) is 14.0. The van der Waals surface area contributed by atoms with Gasteiger partial charge in [0.2, 0.25) is 10.0 Å². The van der Waals surface area contributed by atoms with Gasteiger partial charge in [0, 0.05) is 21.0 Å². The molecule has 2 atom stereocenters. The summed E-state index contributed by atoms with van der Waals surface area (Å²) in [6.45, 7) is 0. The summed E-state index contributed by atoms with van der Waals surface area (Å²) in [4.78, 5) is 0.244. The number of rotatable bonds is 3. The van der Waals surface area contributed by atoms with Crippen LogP contribution in [0.4, 0.5) is 0 Å². The molecule has 1 aliphatic carbocycles. The number of nitrogens with two attached hydrogens (primary N) is 1. The molecule has 0 saturated heterocycles. The van der Waals surface area contributed by atoms with E-state index in [9.17, 15) is 8.42 Å². The van der Waals surface area contributed by atoms with Crippen molar-refractivity contribution in [2.75, 3.05) is 0 Å². The van der Waals surface area contributed by atoms with Gasteiger partial charge in [0.25, 0.3) is 0 Å². The highest BCUT2D eigenvalue weighted by Crippen LogP contribution is 2.27. The van der Waals surface area contributed by atoms with Crippen molar-refractivity contribution < 1.29 is 8.42 Å². The van der Waals surface area contributed by atoms with Gasteiger partial charge in [-0.2, -0.15) is 0 Å². The van der Waals surface area contributed by atoms with Crippen molar-refractivity contribution in [2.45, 2.75) is 42.7 Å². The Hall–Kier alpha value is 0.0500. The van der Waals surface area contributed by atoms with Crippen LogP contribution in [0.5, 0.6) is 0 Å². The highest BCUT2D eigenvalue weighted by atomic mass is 79.9. The fourth-order valence-corrected chi connectivity index (χ4v) is 5.33. The lowest BCUT2D eigenvalue weighted by atomic mass is 9.92. The van der Waals surface area contributed by atoms with E-state index in [-0.39, 0.29) is 17.0 Å². The summed E-state index contributed by atoms with van der Waals surface area (Å²) in [6, 6.07) is 4.73. The molecule has 0 aliphatic heterocycles. The van der Waals surface area contributed by atoms with E-state index in [0.717, 1.165) is 30.2 Å². The van der Waals surface area contributed by atoms with E-state index in [1.54, 1.807) is 18.2 Å². The van der Waals surface area contributed by atoms with Crippen LogP contribution in [-0.2, 0) is 10.0 Å². The predicted molar refractivity (Wildman–Crippen MR) is 82.4 cm³/mol. The fraction of sp³-hybridized carbons (Fsp3) is 0.500. The second-order valence-corrected chi connectivity index (χ2v) is 8.20. The molecule has 1 saturated carbocycles. The first-order valence-electron chi connectivity index (χ1n) is 6.13. The number of halogens is 2. The van der Waals surface area contributed by atoms with Gasteiger partial charge in [-0.3, -0.25) is 0 Å². The minimum atomic E-state index is -3.54. The first-order valence-corrected chi connectivity index (χ1v) is 9.20. The van der Waals surface area contributed by atoms with Crippen molar-refractivity contribution in [1.82, 2.24) is 4.72 Å². The first kappa shape index (κ1) is 15.4. The van der Waals surface area contributed by atoms with Crippen molar-refractivity contribution in [2.24, 2.45) is 5.73 Å². The van der Waals surface area contributed by atoms with E-state index < -0.39 is 10.0 Å². The van der Waals surface area contributed by atoms with Gasteiger partial charge in [-0.05, 0) is 47.0 Å². The van der Waals surface area contributed by atoms with E-state index in [4.69, 9.17) is 5.73 Å². The van der Waals surface area contributed by atoms with Gasteiger partial charge >= 0.3 is 0 Å². The molecule has 0 bridgehead atoms. The van der Waals surface area contributed by atoms with Gasteiger partial charge < -0.3 is 5.73 Å². The molecule has 2 rings (SSSR count). The molecule has 1 aliphatic rings. The van der Waals surface area contributed by atoms with E-state index in [2.05, 4.69) is 36.6 Å². The summed E-state index contributed by atoms with van der Waals surface area (Å²) in [5, 5.41) is 0. The lowest BCUT2D eigenvalue weighted by Crippen LogP contribution is -2.49. The van der Waals surface area contributed by atoms with Crippen LogP contribution in [0, 0.1) is 0 Å². The molecular weight excluding hydrogens is 396 g/mol. The molecule has 2 unspecified atom stereocenters. The largest absolute Gasteiger partial charge is 0.326 e. The van der Waals surface area contributed by atoms with E-state index in [1.165, 1.54) is 0 Å². The molecule has 1 aromatic carbocycles. The molecule has 0 spiro atoms. The highest BCUT2D eigenvalue weighted by molar-refractivity contribution is 9.11. The Morgan fingerprint density at radius 2 is 1.89 bits per heavy atom. The van der Waals surface area contributed by atoms with Crippen LogP contribution >= 0.6 is 31.9 Å². The smallest absolute Gasteiger partial charge is 0.241 e. The van der Waals surface area contributed by atoms with Crippen LogP contribution in [0.25, 0.3) is 0 Å². The van der Waals surface area contributed by atoms with E-state index in [0.29, 0.717) is 4.47 Å². The lowest BCUT2D eigenvalue weighted by Gasteiger charge is -2.29. The SMILES string of the molecule is NC1CCCCC1NS(=O)(=O)c1ccc(Br)cc1Br. The van der Waals surface area contributed by atoms with Crippen molar-refractivity contribution >= 4 is 41.9 Å². The molecule has 1 fully saturated rings. The molecule has 0 aromatic heterocycles. The van der Waals surface area contributed by atoms with Gasteiger partial charge in [-0.25, -0.2) is 13.1 Å². The first-order chi connectivity index (χ1) is 8.90. The summed E-state index contributed by atoms with van der Waals surface area (Å²) in [5.74, 6) is 0. The van der Waals surface area contributed by atoms with Crippen LogP contribution in [0.3, 0.4) is 0 Å². The molecule has 19 heavy (non-hydrogen) atoms. The number of hydrogen-bond donors (Lipinski definition) is 2. The second-order valence-electron chi connectivity index (χ2n) is 4.75. The van der Waals surface area contributed by atoms with E-state index >= 15 is 0 Å². The average Bonchev–Trinajstić information content (AvgIpc) is 2.31. The van der Waals surface area contributed by atoms with Gasteiger partial charge in [0.1, 0.15) is 0 Å². The molecule has 106 valence electrons. The van der Waals surface area contributed by atoms with Crippen molar-refractivity contribution in [1.29, 1.82) is 0 Å². The third-order valence-corrected chi connectivity index (χ3v) is 6.27. The standard InChI is InChI=1S/C12H16Br2N2O2S/c13-8-5-6-12(9(14)7-8)19(17,18)16-11-4-2-1-3-10(11)15/h5-7,10-11,16H,1-4,15H2. The molecular formula is C12H16Br2N2O2S. The van der Waals surface area contributed by atoms with Gasteiger partial charge in [-0.15, -0.1) is 0 Å². The normalized spacial score (nSPS) is 24.4. The quantitative estimate of drug-likeness (QED) is 0.803. The topological polar surface area (TPSA) is 72.2 Å². The third kappa shape index (κ3) is 3.78. The molecule has 0 heterocycles. The van der Waals surface area contributed by atoms with Crippen molar-refractivity contribution in [3.8, 4) is 0 Å². The Labute approximate surface area is 130 Å². The average molecular weight is 412 g/mol. The maximum absolute atomic E-state index is 12.4. The molecule has 7 heteroatoms. The van der Waals surface area contributed by atoms with E-state index in [1.807, 2.05) is 0 Å². The zero-order valence-corrected chi connectivity index (χ0v) is 14.3. The molecule has 0 amide bonds. The van der Waals surface area contributed by atoms with Crippen molar-refractivity contribution in [3.63, 3.8) is 0 Å². The molecule has 1 aromatic rings. The predicted octanol–water partition coefficient (Wildman–Crippen LogP) is 2.76. The minimum absolute atomic E-state index is 0.0993. The Balaban J connectivity index is 2.22. The fourth-order valence-electron chi connectivity index (χ4n) is 2.26. The van der Waals surface area contributed by atoms with Gasteiger partial charge in [-0.1, -0.05) is 28.8 Å². The number of nitrogens with one attached hydrogen (secondary N) is 1. The molecule has 0 radical (unpaired) electrons. The molecule has 3 N–H and O–H groups in total. The Morgan fingerprint density at radius 1 is 1.21 bits per heavy atom. The summed E-state index contributed by atoms with van der Waals surface area (Å²) in [7, 11) is -3.54. The highest BCUT2D eigenvalue weighted by Gasteiger charge is 2.28. The van der Waals surface area contributed by atoms with Crippen LogP contribution in [0.1, 0.15) is 25.7 Å². The Kier molecular flexibility index (Phi) is 5.05. The second kappa shape index (κ2) is 6.22. The summed E-state index contributed by atoms with van der Waals surface area (Å²) in [6.07, 6.45) is 3.76. The van der Waals surface area contributed by atoms with Crippen LogP contribution in [-0.4, -0.2) is 20.5 Å². The van der Waals surface area contributed by atoms with Gasteiger partial charge in [0.15, 0.2) is 0 Å². The third-order valence-electron chi connectivity index (χ3n) is 3.31. The lowest BCUT2D eigenvalue weighted by molar-refractivity contribution is 0.361. The maximum atomic E-state index is 12.4. The van der Waals surface area contributed by atoms with Crippen LogP contribution in [0.15, 0.2) is 32.0 Å². The summed E-state index contributed by atoms with van der Waals surface area (Å²) in [5.41, 5.74) is 5.98. The van der Waals surface area contributed by atoms with Crippen LogP contribution < -0.4 is 10.5 Å². The van der Waals surface area contributed by atoms with Crippen molar-refractivity contribution in [3.05, 3.63) is 27.1 Å². The Morgan fingerprint density at radius 3 is 2.53 bits per heavy atom. The maximum Gasteiger partial charge on any atom is 0.241 e.